The Morgan fingerprint density at radius 2 is 2.17 bits per heavy atom. The summed E-state index contributed by atoms with van der Waals surface area (Å²) in [5.74, 6) is -2.23. The lowest BCUT2D eigenvalue weighted by molar-refractivity contribution is -0.186. The minimum absolute atomic E-state index is 0.112. The van der Waals surface area contributed by atoms with E-state index in [4.69, 9.17) is 0 Å². The number of carbonyl (C=O) groups excluding carboxylic acids is 1. The number of aromatic nitrogens is 2. The second-order valence-corrected chi connectivity index (χ2v) is 6.45. The first-order valence-electron chi connectivity index (χ1n) is 8.12. The number of rotatable bonds is 3. The van der Waals surface area contributed by atoms with Crippen molar-refractivity contribution in [2.75, 3.05) is 0 Å². The van der Waals surface area contributed by atoms with Crippen molar-refractivity contribution in [1.82, 2.24) is 14.7 Å². The van der Waals surface area contributed by atoms with Crippen molar-refractivity contribution in [3.05, 3.63) is 35.8 Å². The van der Waals surface area contributed by atoms with E-state index in [2.05, 4.69) is 10.3 Å². The third-order valence-electron chi connectivity index (χ3n) is 4.70. The molecule has 130 valence electrons. The van der Waals surface area contributed by atoms with Crippen LogP contribution < -0.4 is 5.32 Å². The van der Waals surface area contributed by atoms with Crippen molar-refractivity contribution in [3.8, 4) is 0 Å². The number of nitrogens with one attached hydrogen (secondary N) is 1. The standard InChI is InChI=1S/C17H20F3N3O/c1-11-4-2-7-15-22-14(10-23(11)15)9-21-16(24)12-5-3-6-13(8-12)17(18,19)20/h2,4,7,10,12-13H,3,5-6,8-9H2,1H3,(H,21,24)/t12-,13-/m0/s1. The minimum Gasteiger partial charge on any atom is -0.350 e. The maximum absolute atomic E-state index is 12.8. The molecule has 2 heterocycles. The van der Waals surface area contributed by atoms with Gasteiger partial charge in [-0.2, -0.15) is 13.2 Å². The van der Waals surface area contributed by atoms with Gasteiger partial charge in [0.1, 0.15) is 5.65 Å². The summed E-state index contributed by atoms with van der Waals surface area (Å²) in [6.07, 6.45) is -1.40. The fourth-order valence-electron chi connectivity index (χ4n) is 3.33. The first-order valence-corrected chi connectivity index (χ1v) is 8.12. The second-order valence-electron chi connectivity index (χ2n) is 6.45. The first-order chi connectivity index (χ1) is 11.3. The molecule has 3 rings (SSSR count). The Kier molecular flexibility index (Phi) is 4.51. The van der Waals surface area contributed by atoms with Crippen molar-refractivity contribution < 1.29 is 18.0 Å². The van der Waals surface area contributed by atoms with Crippen molar-refractivity contribution in [2.45, 2.75) is 45.3 Å². The first kappa shape index (κ1) is 16.8. The van der Waals surface area contributed by atoms with Crippen molar-refractivity contribution in [2.24, 2.45) is 11.8 Å². The molecule has 1 aliphatic rings. The SMILES string of the molecule is Cc1cccc2nc(CNC(=O)[C@H]3CCC[C@H](C(F)(F)F)C3)cn12. The zero-order valence-corrected chi connectivity index (χ0v) is 13.4. The van der Waals surface area contributed by atoms with Gasteiger partial charge < -0.3 is 9.72 Å². The predicted molar refractivity (Wildman–Crippen MR) is 83.3 cm³/mol. The summed E-state index contributed by atoms with van der Waals surface area (Å²) < 4.78 is 40.4. The molecule has 4 nitrogen and oxygen atoms in total. The normalized spacial score (nSPS) is 21.8. The largest absolute Gasteiger partial charge is 0.391 e. The van der Waals surface area contributed by atoms with Crippen LogP contribution in [0, 0.1) is 18.8 Å². The molecule has 0 bridgehead atoms. The number of amides is 1. The summed E-state index contributed by atoms with van der Waals surface area (Å²) in [6, 6.07) is 5.73. The smallest absolute Gasteiger partial charge is 0.350 e. The van der Waals surface area contributed by atoms with Crippen molar-refractivity contribution in [3.63, 3.8) is 0 Å². The van der Waals surface area contributed by atoms with Gasteiger partial charge in [-0.25, -0.2) is 4.98 Å². The highest BCUT2D eigenvalue weighted by molar-refractivity contribution is 5.78. The van der Waals surface area contributed by atoms with Gasteiger partial charge in [0.15, 0.2) is 0 Å². The van der Waals surface area contributed by atoms with Gasteiger partial charge in [0.25, 0.3) is 0 Å². The lowest BCUT2D eigenvalue weighted by atomic mass is 9.80. The second kappa shape index (κ2) is 6.45. The fourth-order valence-corrected chi connectivity index (χ4v) is 3.33. The molecule has 1 N–H and O–H groups in total. The summed E-state index contributed by atoms with van der Waals surface area (Å²) in [5.41, 5.74) is 2.51. The van der Waals surface area contributed by atoms with Gasteiger partial charge in [-0.15, -0.1) is 0 Å². The third kappa shape index (κ3) is 3.55. The molecule has 0 saturated heterocycles. The van der Waals surface area contributed by atoms with Gasteiger partial charge in [-0.1, -0.05) is 12.5 Å². The highest BCUT2D eigenvalue weighted by Crippen LogP contribution is 2.39. The number of alkyl halides is 3. The molecule has 0 aromatic carbocycles. The molecule has 24 heavy (non-hydrogen) atoms. The monoisotopic (exact) mass is 339 g/mol. The van der Waals surface area contributed by atoms with E-state index in [1.54, 1.807) is 0 Å². The van der Waals surface area contributed by atoms with Crippen LogP contribution in [0.15, 0.2) is 24.4 Å². The van der Waals surface area contributed by atoms with Crippen LogP contribution in [0.4, 0.5) is 13.2 Å². The fraction of sp³-hybridized carbons (Fsp3) is 0.529. The molecular weight excluding hydrogens is 319 g/mol. The van der Waals surface area contributed by atoms with Gasteiger partial charge >= 0.3 is 6.18 Å². The Morgan fingerprint density at radius 1 is 1.38 bits per heavy atom. The molecule has 0 aliphatic heterocycles. The third-order valence-corrected chi connectivity index (χ3v) is 4.70. The van der Waals surface area contributed by atoms with Crippen LogP contribution in [0.1, 0.15) is 37.1 Å². The number of halogens is 3. The number of hydrogen-bond donors (Lipinski definition) is 1. The highest BCUT2D eigenvalue weighted by Gasteiger charge is 2.43. The van der Waals surface area contributed by atoms with E-state index in [0.717, 1.165) is 11.3 Å². The number of nitrogens with zero attached hydrogens (tertiary/aromatic N) is 2. The van der Waals surface area contributed by atoms with E-state index in [1.807, 2.05) is 35.7 Å². The molecule has 2 atom stereocenters. The van der Waals surface area contributed by atoms with Gasteiger partial charge in [0.2, 0.25) is 5.91 Å². The molecule has 1 fully saturated rings. The van der Waals surface area contributed by atoms with Crippen LogP contribution in [-0.4, -0.2) is 21.5 Å². The Labute approximate surface area is 138 Å². The Bertz CT molecular complexity index is 738. The van der Waals surface area contributed by atoms with E-state index in [1.165, 1.54) is 0 Å². The highest BCUT2D eigenvalue weighted by atomic mass is 19.4. The quantitative estimate of drug-likeness (QED) is 0.928. The van der Waals surface area contributed by atoms with Crippen molar-refractivity contribution in [1.29, 1.82) is 0 Å². The van der Waals surface area contributed by atoms with Gasteiger partial charge in [0, 0.05) is 17.8 Å². The summed E-state index contributed by atoms with van der Waals surface area (Å²) >= 11 is 0. The average molecular weight is 339 g/mol. The van der Waals surface area contributed by atoms with E-state index in [-0.39, 0.29) is 25.3 Å². The van der Waals surface area contributed by atoms with E-state index in [0.29, 0.717) is 18.5 Å². The molecule has 1 aliphatic carbocycles. The molecule has 1 amide bonds. The van der Waals surface area contributed by atoms with E-state index < -0.39 is 18.0 Å². The van der Waals surface area contributed by atoms with Crippen LogP contribution >= 0.6 is 0 Å². The zero-order chi connectivity index (χ0) is 17.3. The van der Waals surface area contributed by atoms with Gasteiger partial charge in [-0.05, 0) is 38.3 Å². The molecule has 2 aromatic heterocycles. The van der Waals surface area contributed by atoms with E-state index in [9.17, 15) is 18.0 Å². The molecule has 2 aromatic rings. The average Bonchev–Trinajstić information content (AvgIpc) is 2.96. The number of carbonyl (C=O) groups is 1. The number of aryl methyl sites for hydroxylation is 1. The molecule has 0 unspecified atom stereocenters. The topological polar surface area (TPSA) is 46.4 Å². The molecule has 0 radical (unpaired) electrons. The molecule has 7 heteroatoms. The number of pyridine rings is 1. The van der Waals surface area contributed by atoms with Crippen LogP contribution in [-0.2, 0) is 11.3 Å². The number of hydrogen-bond acceptors (Lipinski definition) is 2. The lowest BCUT2D eigenvalue weighted by Crippen LogP contribution is -2.37. The van der Waals surface area contributed by atoms with Crippen LogP contribution in [0.3, 0.4) is 0 Å². The van der Waals surface area contributed by atoms with E-state index >= 15 is 0 Å². The summed E-state index contributed by atoms with van der Waals surface area (Å²) in [6.45, 7) is 2.18. The summed E-state index contributed by atoms with van der Waals surface area (Å²) in [7, 11) is 0. The summed E-state index contributed by atoms with van der Waals surface area (Å²) in [4.78, 5) is 16.6. The molecule has 1 saturated carbocycles. The number of fused-ring (bicyclic) bond motifs is 1. The zero-order valence-electron chi connectivity index (χ0n) is 13.4. The summed E-state index contributed by atoms with van der Waals surface area (Å²) in [5, 5.41) is 2.74. The van der Waals surface area contributed by atoms with Gasteiger partial charge in [0.05, 0.1) is 18.2 Å². The predicted octanol–water partition coefficient (Wildman–Crippen LogP) is 3.63. The Morgan fingerprint density at radius 3 is 2.88 bits per heavy atom. The van der Waals surface area contributed by atoms with Crippen LogP contribution in [0.25, 0.3) is 5.65 Å². The maximum Gasteiger partial charge on any atom is 0.391 e. The van der Waals surface area contributed by atoms with Gasteiger partial charge in [-0.3, -0.25) is 4.79 Å². The minimum atomic E-state index is -4.21. The molecular formula is C17H20F3N3O. The van der Waals surface area contributed by atoms with Crippen LogP contribution in [0.2, 0.25) is 0 Å². The Balaban J connectivity index is 1.61. The molecule has 0 spiro atoms. The Hall–Kier alpha value is -2.05. The van der Waals surface area contributed by atoms with Crippen molar-refractivity contribution >= 4 is 11.6 Å². The number of imidazole rings is 1. The maximum atomic E-state index is 12.8. The lowest BCUT2D eigenvalue weighted by Gasteiger charge is -2.29. The van der Waals surface area contributed by atoms with Crippen LogP contribution in [0.5, 0.6) is 0 Å².